The maximum absolute atomic E-state index is 9.82. The highest BCUT2D eigenvalue weighted by atomic mass is 16.7. The van der Waals surface area contributed by atoms with Crippen LogP contribution in [0.15, 0.2) is 5.11 Å². The highest BCUT2D eigenvalue weighted by Crippen LogP contribution is 2.43. The zero-order chi connectivity index (χ0) is 9.71. The Morgan fingerprint density at radius 2 is 2.00 bits per heavy atom. The van der Waals surface area contributed by atoms with Gasteiger partial charge < -0.3 is 19.3 Å². The second-order valence-corrected chi connectivity index (χ2v) is 3.63. The van der Waals surface area contributed by atoms with E-state index in [0.29, 0.717) is 0 Å². The van der Waals surface area contributed by atoms with Crippen LogP contribution in [0, 0.1) is 0 Å². The van der Waals surface area contributed by atoms with Crippen molar-refractivity contribution in [2.75, 3.05) is 6.79 Å². The molecule has 7 nitrogen and oxygen atoms in total. The van der Waals surface area contributed by atoms with Crippen molar-refractivity contribution < 1.29 is 19.3 Å². The number of hydrogen-bond acceptors (Lipinski definition) is 5. The fourth-order valence-electron chi connectivity index (χ4n) is 2.22. The van der Waals surface area contributed by atoms with E-state index in [1.54, 1.807) is 0 Å². The molecule has 0 aromatic rings. The van der Waals surface area contributed by atoms with Crippen LogP contribution in [0.1, 0.15) is 0 Å². The molecular formula is C7H9N3O4. The topological polar surface area (TPSA) is 100.0 Å². The highest BCUT2D eigenvalue weighted by Gasteiger charge is 2.63. The average molecular weight is 199 g/mol. The van der Waals surface area contributed by atoms with Gasteiger partial charge in [0.15, 0.2) is 0 Å². The molecular weight excluding hydrogens is 190 g/mol. The molecule has 1 N–H and O–H groups in total. The summed E-state index contributed by atoms with van der Waals surface area (Å²) in [6, 6.07) is -0.548. The lowest BCUT2D eigenvalue weighted by atomic mass is 9.88. The second-order valence-electron chi connectivity index (χ2n) is 3.63. The summed E-state index contributed by atoms with van der Waals surface area (Å²) in [6.07, 6.45) is -1.75. The van der Waals surface area contributed by atoms with Gasteiger partial charge in [0.2, 0.25) is 0 Å². The van der Waals surface area contributed by atoms with Gasteiger partial charge in [0, 0.05) is 4.91 Å². The fraction of sp³-hybridized carbons (Fsp3) is 1.00. The highest BCUT2D eigenvalue weighted by molar-refractivity contribution is 5.13. The van der Waals surface area contributed by atoms with E-state index in [-0.39, 0.29) is 25.1 Å². The van der Waals surface area contributed by atoms with Gasteiger partial charge in [0.1, 0.15) is 25.1 Å². The van der Waals surface area contributed by atoms with Crippen LogP contribution in [0.2, 0.25) is 0 Å². The maximum Gasteiger partial charge on any atom is 0.148 e. The number of aliphatic hydroxyl groups is 1. The number of ether oxygens (including phenoxy) is 3. The third-order valence-electron chi connectivity index (χ3n) is 2.94. The van der Waals surface area contributed by atoms with E-state index in [9.17, 15) is 5.11 Å². The van der Waals surface area contributed by atoms with Gasteiger partial charge in [-0.2, -0.15) is 0 Å². The Bertz CT molecular complexity index is 305. The smallest absolute Gasteiger partial charge is 0.148 e. The Morgan fingerprint density at radius 3 is 2.79 bits per heavy atom. The summed E-state index contributed by atoms with van der Waals surface area (Å²) >= 11 is 0. The molecule has 1 saturated carbocycles. The van der Waals surface area contributed by atoms with Gasteiger partial charge in [-0.3, -0.25) is 0 Å². The molecule has 0 radical (unpaired) electrons. The molecule has 6 atom stereocenters. The van der Waals surface area contributed by atoms with Crippen LogP contribution in [0.4, 0.5) is 0 Å². The number of aliphatic hydroxyl groups excluding tert-OH is 1. The van der Waals surface area contributed by atoms with Crippen molar-refractivity contribution in [1.29, 1.82) is 0 Å². The van der Waals surface area contributed by atoms with Crippen LogP contribution in [0.25, 0.3) is 10.4 Å². The maximum atomic E-state index is 9.82. The predicted molar refractivity (Wildman–Crippen MR) is 42.2 cm³/mol. The van der Waals surface area contributed by atoms with Gasteiger partial charge in [-0.25, -0.2) is 0 Å². The van der Waals surface area contributed by atoms with Crippen molar-refractivity contribution in [2.45, 2.75) is 36.6 Å². The van der Waals surface area contributed by atoms with Crippen LogP contribution in [-0.4, -0.2) is 48.5 Å². The summed E-state index contributed by atoms with van der Waals surface area (Å²) in [4.78, 5) is 2.69. The quantitative estimate of drug-likeness (QED) is 0.267. The second kappa shape index (κ2) is 2.82. The van der Waals surface area contributed by atoms with E-state index < -0.39 is 18.2 Å². The zero-order valence-electron chi connectivity index (χ0n) is 7.18. The van der Waals surface area contributed by atoms with Crippen LogP contribution >= 0.6 is 0 Å². The summed E-state index contributed by atoms with van der Waals surface area (Å²) in [5.74, 6) is 0. The van der Waals surface area contributed by atoms with Gasteiger partial charge in [-0.05, 0) is 5.53 Å². The van der Waals surface area contributed by atoms with Crippen LogP contribution in [0.3, 0.4) is 0 Å². The minimum atomic E-state index is -0.831. The lowest BCUT2D eigenvalue weighted by molar-refractivity contribution is -0.0291. The fourth-order valence-corrected chi connectivity index (χ4v) is 2.22. The molecule has 0 bridgehead atoms. The number of epoxide rings is 1. The van der Waals surface area contributed by atoms with E-state index in [4.69, 9.17) is 19.7 Å². The van der Waals surface area contributed by atoms with E-state index in [0.717, 1.165) is 0 Å². The third kappa shape index (κ3) is 0.985. The summed E-state index contributed by atoms with van der Waals surface area (Å²) < 4.78 is 15.8. The normalized spacial score (nSPS) is 54.4. The molecule has 2 saturated heterocycles. The van der Waals surface area contributed by atoms with Crippen LogP contribution in [0.5, 0.6) is 0 Å². The van der Waals surface area contributed by atoms with Crippen molar-refractivity contribution in [1.82, 2.24) is 0 Å². The van der Waals surface area contributed by atoms with Crippen molar-refractivity contribution in [3.63, 3.8) is 0 Å². The minimum absolute atomic E-state index is 0.0820. The van der Waals surface area contributed by atoms with E-state index in [2.05, 4.69) is 10.0 Å². The standard InChI is InChI=1S/C7H9N3O4/c8-10-9-2-3(11)5-6(13-1-12-5)7-4(2)14-7/h2-7,11H,1H2. The average Bonchev–Trinajstić information content (AvgIpc) is 2.81. The van der Waals surface area contributed by atoms with Crippen LogP contribution in [-0.2, 0) is 14.2 Å². The van der Waals surface area contributed by atoms with Crippen molar-refractivity contribution >= 4 is 0 Å². The van der Waals surface area contributed by atoms with Crippen molar-refractivity contribution in [2.24, 2.45) is 5.11 Å². The molecule has 3 aliphatic rings. The molecule has 2 heterocycles. The minimum Gasteiger partial charge on any atom is -0.390 e. The summed E-state index contributed by atoms with van der Waals surface area (Å²) in [7, 11) is 0. The molecule has 1 aliphatic carbocycles. The Hall–Kier alpha value is -0.850. The van der Waals surface area contributed by atoms with Gasteiger partial charge >= 0.3 is 0 Å². The molecule has 2 aliphatic heterocycles. The summed E-state index contributed by atoms with van der Waals surface area (Å²) in [5.41, 5.74) is 8.33. The molecule has 0 aromatic heterocycles. The first kappa shape index (κ1) is 8.46. The Kier molecular flexibility index (Phi) is 1.70. The van der Waals surface area contributed by atoms with Crippen molar-refractivity contribution in [3.8, 4) is 0 Å². The Balaban J connectivity index is 1.87. The molecule has 0 spiro atoms. The van der Waals surface area contributed by atoms with Crippen molar-refractivity contribution in [3.05, 3.63) is 10.4 Å². The molecule has 14 heavy (non-hydrogen) atoms. The lowest BCUT2D eigenvalue weighted by Gasteiger charge is -2.28. The largest absolute Gasteiger partial charge is 0.390 e. The molecule has 76 valence electrons. The number of fused-ring (bicyclic) bond motifs is 3. The number of nitrogens with zero attached hydrogens (tertiary/aromatic N) is 3. The summed E-state index contributed by atoms with van der Waals surface area (Å²) in [6.45, 7) is 0.169. The summed E-state index contributed by atoms with van der Waals surface area (Å²) in [5, 5.41) is 13.3. The molecule has 6 unspecified atom stereocenters. The van der Waals surface area contributed by atoms with Gasteiger partial charge in [0.05, 0.1) is 18.2 Å². The number of azide groups is 1. The first-order chi connectivity index (χ1) is 6.83. The number of hydrogen-bond donors (Lipinski definition) is 1. The molecule has 7 heteroatoms. The first-order valence-corrected chi connectivity index (χ1v) is 4.44. The Labute approximate surface area is 79.2 Å². The molecule has 0 amide bonds. The predicted octanol–water partition coefficient (Wildman–Crippen LogP) is -0.451. The zero-order valence-corrected chi connectivity index (χ0v) is 7.18. The van der Waals surface area contributed by atoms with E-state index in [1.807, 2.05) is 0 Å². The van der Waals surface area contributed by atoms with E-state index >= 15 is 0 Å². The SMILES string of the molecule is [N-]=[N+]=NC1C(O)C2OCOC2C2OC12. The Morgan fingerprint density at radius 1 is 1.21 bits per heavy atom. The molecule has 3 fully saturated rings. The third-order valence-corrected chi connectivity index (χ3v) is 2.94. The van der Waals surface area contributed by atoms with Gasteiger partial charge in [-0.15, -0.1) is 0 Å². The molecule has 3 rings (SSSR count). The van der Waals surface area contributed by atoms with Crippen LogP contribution < -0.4 is 0 Å². The first-order valence-electron chi connectivity index (χ1n) is 4.44. The van der Waals surface area contributed by atoms with E-state index in [1.165, 1.54) is 0 Å². The lowest BCUT2D eigenvalue weighted by Crippen LogP contribution is -2.51. The van der Waals surface area contributed by atoms with Gasteiger partial charge in [-0.1, -0.05) is 5.11 Å². The monoisotopic (exact) mass is 199 g/mol. The van der Waals surface area contributed by atoms with Gasteiger partial charge in [0.25, 0.3) is 0 Å². The molecule has 0 aromatic carbocycles. The number of rotatable bonds is 1.